The van der Waals surface area contributed by atoms with E-state index in [0.29, 0.717) is 16.7 Å². The number of aromatic nitrogens is 2. The standard InChI is InChI=1S/C27H20N2O2/c1-2-19-14-16-20(17-15-19)18-31-29-26(28-25-13-6-5-11-24(25)27(29)30)23-12-7-9-21-8-3-4-10-22(21)23/h2-17H,1,18H2. The molecule has 1 aromatic heterocycles. The fourth-order valence-electron chi connectivity index (χ4n) is 3.72. The summed E-state index contributed by atoms with van der Waals surface area (Å²) in [4.78, 5) is 24.2. The second-order valence-electron chi connectivity index (χ2n) is 7.30. The van der Waals surface area contributed by atoms with Gasteiger partial charge in [-0.15, -0.1) is 4.73 Å². The van der Waals surface area contributed by atoms with Gasteiger partial charge in [-0.25, -0.2) is 4.98 Å². The second-order valence-corrected chi connectivity index (χ2v) is 7.30. The predicted octanol–water partition coefficient (Wildman–Crippen LogP) is 5.49. The van der Waals surface area contributed by atoms with Gasteiger partial charge in [-0.2, -0.15) is 0 Å². The van der Waals surface area contributed by atoms with Crippen LogP contribution in [0.3, 0.4) is 0 Å². The zero-order valence-corrected chi connectivity index (χ0v) is 16.9. The molecule has 4 aromatic carbocycles. The predicted molar refractivity (Wildman–Crippen MR) is 126 cm³/mol. The number of benzene rings is 4. The molecule has 0 atom stereocenters. The highest BCUT2D eigenvalue weighted by atomic mass is 16.7. The molecule has 0 N–H and O–H groups in total. The Morgan fingerprint density at radius 3 is 2.35 bits per heavy atom. The van der Waals surface area contributed by atoms with Gasteiger partial charge in [0.2, 0.25) is 0 Å². The Morgan fingerprint density at radius 2 is 1.55 bits per heavy atom. The highest BCUT2D eigenvalue weighted by molar-refractivity contribution is 5.95. The molecule has 0 aliphatic rings. The van der Waals surface area contributed by atoms with Crippen molar-refractivity contribution in [2.24, 2.45) is 0 Å². The smallest absolute Gasteiger partial charge is 0.294 e. The summed E-state index contributed by atoms with van der Waals surface area (Å²) in [5.41, 5.74) is 3.25. The maximum absolute atomic E-state index is 13.4. The summed E-state index contributed by atoms with van der Waals surface area (Å²) in [6.07, 6.45) is 1.79. The molecule has 1 heterocycles. The number of nitrogens with zero attached hydrogens (tertiary/aromatic N) is 2. The Balaban J connectivity index is 1.67. The Morgan fingerprint density at radius 1 is 0.839 bits per heavy atom. The number of hydrogen-bond donors (Lipinski definition) is 0. The molecule has 5 rings (SSSR count). The van der Waals surface area contributed by atoms with Crippen LogP contribution in [0.15, 0.2) is 102 Å². The van der Waals surface area contributed by atoms with Crippen molar-refractivity contribution < 1.29 is 4.84 Å². The summed E-state index contributed by atoms with van der Waals surface area (Å²) in [6, 6.07) is 29.3. The van der Waals surface area contributed by atoms with E-state index in [1.54, 1.807) is 12.1 Å². The molecule has 0 aliphatic carbocycles. The molecule has 0 amide bonds. The molecule has 0 saturated carbocycles. The summed E-state index contributed by atoms with van der Waals surface area (Å²) in [6.45, 7) is 4.02. The monoisotopic (exact) mass is 404 g/mol. The van der Waals surface area contributed by atoms with E-state index in [1.165, 1.54) is 4.73 Å². The van der Waals surface area contributed by atoms with E-state index in [2.05, 4.69) is 6.58 Å². The highest BCUT2D eigenvalue weighted by Gasteiger charge is 2.16. The molecule has 0 unspecified atom stereocenters. The van der Waals surface area contributed by atoms with Gasteiger partial charge < -0.3 is 4.84 Å². The van der Waals surface area contributed by atoms with E-state index in [4.69, 9.17) is 9.82 Å². The van der Waals surface area contributed by atoms with Crippen molar-refractivity contribution in [3.8, 4) is 11.4 Å². The Hall–Kier alpha value is -4.18. The van der Waals surface area contributed by atoms with Crippen LogP contribution in [0.5, 0.6) is 0 Å². The number of fused-ring (bicyclic) bond motifs is 2. The average molecular weight is 404 g/mol. The molecular formula is C27H20N2O2. The Kier molecular flexibility index (Phi) is 4.81. The van der Waals surface area contributed by atoms with Crippen molar-refractivity contribution in [1.29, 1.82) is 0 Å². The summed E-state index contributed by atoms with van der Waals surface area (Å²) in [5.74, 6) is 0.489. The fourth-order valence-corrected chi connectivity index (χ4v) is 3.72. The molecule has 0 radical (unpaired) electrons. The van der Waals surface area contributed by atoms with E-state index in [9.17, 15) is 4.79 Å². The van der Waals surface area contributed by atoms with E-state index in [-0.39, 0.29) is 12.2 Å². The molecular weight excluding hydrogens is 384 g/mol. The molecule has 31 heavy (non-hydrogen) atoms. The van der Waals surface area contributed by atoms with Crippen LogP contribution < -0.4 is 10.4 Å². The van der Waals surface area contributed by atoms with Crippen LogP contribution in [-0.4, -0.2) is 9.71 Å². The molecule has 0 fully saturated rings. The van der Waals surface area contributed by atoms with Crippen LogP contribution in [0.4, 0.5) is 0 Å². The van der Waals surface area contributed by atoms with Crippen molar-refractivity contribution in [2.45, 2.75) is 6.61 Å². The minimum Gasteiger partial charge on any atom is -0.404 e. The van der Waals surface area contributed by atoms with Crippen molar-refractivity contribution in [3.05, 3.63) is 119 Å². The van der Waals surface area contributed by atoms with Gasteiger partial charge >= 0.3 is 0 Å². The van der Waals surface area contributed by atoms with Crippen molar-refractivity contribution >= 4 is 27.8 Å². The first kappa shape index (κ1) is 18.8. The van der Waals surface area contributed by atoms with E-state index >= 15 is 0 Å². The number of hydrogen-bond acceptors (Lipinski definition) is 3. The second kappa shape index (κ2) is 7.92. The third kappa shape index (κ3) is 3.49. The van der Waals surface area contributed by atoms with Gasteiger partial charge in [-0.3, -0.25) is 4.79 Å². The molecule has 0 aliphatic heterocycles. The van der Waals surface area contributed by atoms with E-state index in [1.807, 2.05) is 84.9 Å². The lowest BCUT2D eigenvalue weighted by Gasteiger charge is -2.16. The van der Waals surface area contributed by atoms with Gasteiger partial charge in [0.05, 0.1) is 10.9 Å². The third-order valence-corrected chi connectivity index (χ3v) is 5.34. The lowest BCUT2D eigenvalue weighted by Crippen LogP contribution is -2.29. The van der Waals surface area contributed by atoms with Gasteiger partial charge in [0.15, 0.2) is 5.82 Å². The first-order valence-electron chi connectivity index (χ1n) is 10.1. The molecule has 0 spiro atoms. The number of para-hydroxylation sites is 1. The maximum Gasteiger partial charge on any atom is 0.294 e. The van der Waals surface area contributed by atoms with Gasteiger partial charge in [-0.05, 0) is 34.0 Å². The Labute approximate surface area is 179 Å². The summed E-state index contributed by atoms with van der Waals surface area (Å²) in [7, 11) is 0. The molecule has 5 aromatic rings. The van der Waals surface area contributed by atoms with E-state index < -0.39 is 0 Å². The molecule has 4 nitrogen and oxygen atoms in total. The van der Waals surface area contributed by atoms with Gasteiger partial charge in [-0.1, -0.05) is 91.5 Å². The quantitative estimate of drug-likeness (QED) is 0.389. The van der Waals surface area contributed by atoms with Crippen LogP contribution in [0.1, 0.15) is 11.1 Å². The molecule has 4 heteroatoms. The largest absolute Gasteiger partial charge is 0.404 e. The summed E-state index contributed by atoms with van der Waals surface area (Å²) < 4.78 is 1.32. The number of rotatable bonds is 5. The lowest BCUT2D eigenvalue weighted by atomic mass is 10.0. The van der Waals surface area contributed by atoms with Crippen LogP contribution >= 0.6 is 0 Å². The van der Waals surface area contributed by atoms with E-state index in [0.717, 1.165) is 27.5 Å². The van der Waals surface area contributed by atoms with Crippen molar-refractivity contribution in [2.75, 3.05) is 0 Å². The third-order valence-electron chi connectivity index (χ3n) is 5.34. The first-order valence-corrected chi connectivity index (χ1v) is 10.1. The molecule has 150 valence electrons. The van der Waals surface area contributed by atoms with Crippen LogP contribution in [0.2, 0.25) is 0 Å². The molecule has 0 saturated heterocycles. The zero-order chi connectivity index (χ0) is 21.2. The van der Waals surface area contributed by atoms with Gasteiger partial charge in [0.1, 0.15) is 6.61 Å². The normalized spacial score (nSPS) is 11.0. The topological polar surface area (TPSA) is 44.1 Å². The maximum atomic E-state index is 13.4. The Bertz CT molecular complexity index is 1460. The minimum atomic E-state index is -0.226. The van der Waals surface area contributed by atoms with Crippen LogP contribution in [-0.2, 0) is 6.61 Å². The molecule has 0 bridgehead atoms. The average Bonchev–Trinajstić information content (AvgIpc) is 2.83. The zero-order valence-electron chi connectivity index (χ0n) is 16.9. The van der Waals surface area contributed by atoms with Gasteiger partial charge in [0, 0.05) is 5.56 Å². The SMILES string of the molecule is C=Cc1ccc(COn2c(-c3cccc4ccccc34)nc3ccccc3c2=O)cc1. The lowest BCUT2D eigenvalue weighted by molar-refractivity contribution is 0.0921. The summed E-state index contributed by atoms with van der Waals surface area (Å²) >= 11 is 0. The van der Waals surface area contributed by atoms with Crippen molar-refractivity contribution in [3.63, 3.8) is 0 Å². The highest BCUT2D eigenvalue weighted by Crippen LogP contribution is 2.27. The fraction of sp³-hybridized carbons (Fsp3) is 0.0370. The van der Waals surface area contributed by atoms with Crippen molar-refractivity contribution in [1.82, 2.24) is 9.71 Å². The first-order chi connectivity index (χ1) is 15.2. The van der Waals surface area contributed by atoms with Crippen LogP contribution in [0.25, 0.3) is 39.1 Å². The van der Waals surface area contributed by atoms with Crippen LogP contribution in [0, 0.1) is 0 Å². The summed E-state index contributed by atoms with van der Waals surface area (Å²) in [5, 5.41) is 2.61. The van der Waals surface area contributed by atoms with Gasteiger partial charge in [0.25, 0.3) is 5.56 Å². The minimum absolute atomic E-state index is 0.226.